The first-order valence-electron chi connectivity index (χ1n) is 6.08. The monoisotopic (exact) mass is 213 g/mol. The molecule has 2 saturated heterocycles. The van der Waals surface area contributed by atoms with Crippen LogP contribution in [0.4, 0.5) is 0 Å². The highest BCUT2D eigenvalue weighted by Gasteiger charge is 2.28. The Morgan fingerprint density at radius 2 is 2.00 bits per heavy atom. The Labute approximate surface area is 92.5 Å². The van der Waals surface area contributed by atoms with E-state index in [1.165, 1.54) is 12.8 Å². The molecule has 2 aliphatic rings. The summed E-state index contributed by atoms with van der Waals surface area (Å²) in [5, 5.41) is 3.49. The second-order valence-electron chi connectivity index (χ2n) is 5.64. The van der Waals surface area contributed by atoms with Crippen LogP contribution in [0.5, 0.6) is 0 Å². The van der Waals surface area contributed by atoms with E-state index in [1.54, 1.807) is 0 Å². The minimum atomic E-state index is 0.279. The molecule has 0 spiro atoms. The van der Waals surface area contributed by atoms with E-state index in [9.17, 15) is 0 Å². The molecule has 1 unspecified atom stereocenters. The lowest BCUT2D eigenvalue weighted by Crippen LogP contribution is -2.48. The second kappa shape index (κ2) is 4.81. The lowest BCUT2D eigenvalue weighted by Gasteiger charge is -2.37. The van der Waals surface area contributed by atoms with Crippen molar-refractivity contribution in [2.45, 2.75) is 39.3 Å². The SMILES string of the molecule is CC1(C)CNC(CC2CCOCC2)OC1. The Morgan fingerprint density at radius 3 is 2.60 bits per heavy atom. The highest BCUT2D eigenvalue weighted by atomic mass is 16.5. The summed E-state index contributed by atoms with van der Waals surface area (Å²) in [6.45, 7) is 8.30. The minimum Gasteiger partial charge on any atom is -0.381 e. The van der Waals surface area contributed by atoms with E-state index in [1.807, 2.05) is 0 Å². The summed E-state index contributed by atoms with van der Waals surface area (Å²) in [7, 11) is 0. The fourth-order valence-corrected chi connectivity index (χ4v) is 2.26. The summed E-state index contributed by atoms with van der Waals surface area (Å²) < 4.78 is 11.2. The van der Waals surface area contributed by atoms with Crippen LogP contribution in [-0.2, 0) is 9.47 Å². The molecule has 2 heterocycles. The van der Waals surface area contributed by atoms with Gasteiger partial charge in [0.05, 0.1) is 6.61 Å². The van der Waals surface area contributed by atoms with Gasteiger partial charge in [-0.05, 0) is 25.2 Å². The summed E-state index contributed by atoms with van der Waals surface area (Å²) in [4.78, 5) is 0. The van der Waals surface area contributed by atoms with Crippen molar-refractivity contribution >= 4 is 0 Å². The summed E-state index contributed by atoms with van der Waals surface area (Å²) in [5.41, 5.74) is 0.298. The topological polar surface area (TPSA) is 30.5 Å². The molecule has 2 fully saturated rings. The number of hydrogen-bond donors (Lipinski definition) is 1. The number of nitrogens with one attached hydrogen (secondary N) is 1. The molecule has 0 aromatic heterocycles. The Kier molecular flexibility index (Phi) is 3.65. The van der Waals surface area contributed by atoms with Crippen molar-refractivity contribution in [3.05, 3.63) is 0 Å². The first-order chi connectivity index (χ1) is 7.16. The molecule has 0 bridgehead atoms. The third-order valence-electron chi connectivity index (χ3n) is 3.37. The van der Waals surface area contributed by atoms with E-state index in [4.69, 9.17) is 9.47 Å². The third-order valence-corrected chi connectivity index (χ3v) is 3.37. The summed E-state index contributed by atoms with van der Waals surface area (Å²) >= 11 is 0. The van der Waals surface area contributed by atoms with Crippen LogP contribution in [0.3, 0.4) is 0 Å². The van der Waals surface area contributed by atoms with Crippen LogP contribution in [0.15, 0.2) is 0 Å². The number of hydrogen-bond acceptors (Lipinski definition) is 3. The molecule has 0 aliphatic carbocycles. The molecule has 15 heavy (non-hydrogen) atoms. The summed E-state index contributed by atoms with van der Waals surface area (Å²) in [6, 6.07) is 0. The average molecular weight is 213 g/mol. The van der Waals surface area contributed by atoms with Crippen molar-refractivity contribution in [3.63, 3.8) is 0 Å². The van der Waals surface area contributed by atoms with Gasteiger partial charge in [-0.3, -0.25) is 5.32 Å². The third kappa shape index (κ3) is 3.44. The van der Waals surface area contributed by atoms with Crippen LogP contribution in [0, 0.1) is 11.3 Å². The van der Waals surface area contributed by atoms with Gasteiger partial charge in [0, 0.05) is 25.2 Å². The molecule has 0 radical (unpaired) electrons. The molecule has 0 aromatic rings. The zero-order valence-electron chi connectivity index (χ0n) is 9.92. The molecule has 2 rings (SSSR count). The van der Waals surface area contributed by atoms with Crippen LogP contribution in [0.25, 0.3) is 0 Å². The fourth-order valence-electron chi connectivity index (χ4n) is 2.26. The van der Waals surface area contributed by atoms with E-state index in [2.05, 4.69) is 19.2 Å². The maximum Gasteiger partial charge on any atom is 0.108 e. The number of ether oxygens (including phenoxy) is 2. The van der Waals surface area contributed by atoms with Gasteiger partial charge in [-0.15, -0.1) is 0 Å². The second-order valence-corrected chi connectivity index (χ2v) is 5.64. The van der Waals surface area contributed by atoms with Gasteiger partial charge in [-0.25, -0.2) is 0 Å². The molecule has 1 atom stereocenters. The predicted octanol–water partition coefficient (Wildman–Crippen LogP) is 1.78. The molecular formula is C12H23NO2. The van der Waals surface area contributed by atoms with Crippen molar-refractivity contribution in [2.24, 2.45) is 11.3 Å². The Bertz CT molecular complexity index is 190. The van der Waals surface area contributed by atoms with Crippen molar-refractivity contribution in [1.82, 2.24) is 5.32 Å². The van der Waals surface area contributed by atoms with Crippen molar-refractivity contribution < 1.29 is 9.47 Å². The molecule has 0 amide bonds. The van der Waals surface area contributed by atoms with Gasteiger partial charge in [-0.2, -0.15) is 0 Å². The van der Waals surface area contributed by atoms with Gasteiger partial charge in [0.15, 0.2) is 0 Å². The molecular weight excluding hydrogens is 190 g/mol. The molecule has 88 valence electrons. The molecule has 2 aliphatic heterocycles. The van der Waals surface area contributed by atoms with Crippen molar-refractivity contribution in [3.8, 4) is 0 Å². The molecule has 1 N–H and O–H groups in total. The first-order valence-corrected chi connectivity index (χ1v) is 6.08. The van der Waals surface area contributed by atoms with Crippen LogP contribution < -0.4 is 5.32 Å². The maximum absolute atomic E-state index is 5.84. The minimum absolute atomic E-state index is 0.279. The standard InChI is InChI=1S/C12H23NO2/c1-12(2)8-13-11(15-9-12)7-10-3-5-14-6-4-10/h10-11,13H,3-9H2,1-2H3. The first kappa shape index (κ1) is 11.4. The van der Waals surface area contributed by atoms with Crippen LogP contribution >= 0.6 is 0 Å². The normalized spacial score (nSPS) is 32.8. The van der Waals surface area contributed by atoms with E-state index in [0.717, 1.165) is 38.7 Å². The van der Waals surface area contributed by atoms with Gasteiger partial charge < -0.3 is 9.47 Å². The largest absolute Gasteiger partial charge is 0.381 e. The quantitative estimate of drug-likeness (QED) is 0.758. The highest BCUT2D eigenvalue weighted by Crippen LogP contribution is 2.25. The molecule has 0 aromatic carbocycles. The smallest absolute Gasteiger partial charge is 0.108 e. The van der Waals surface area contributed by atoms with Gasteiger partial charge >= 0.3 is 0 Å². The highest BCUT2D eigenvalue weighted by molar-refractivity contribution is 4.79. The summed E-state index contributed by atoms with van der Waals surface area (Å²) in [6.07, 6.45) is 3.83. The Hall–Kier alpha value is -0.120. The van der Waals surface area contributed by atoms with Gasteiger partial charge in [-0.1, -0.05) is 13.8 Å². The fraction of sp³-hybridized carbons (Fsp3) is 1.00. The van der Waals surface area contributed by atoms with Crippen LogP contribution in [0.1, 0.15) is 33.1 Å². The average Bonchev–Trinajstić information content (AvgIpc) is 2.23. The van der Waals surface area contributed by atoms with Crippen LogP contribution in [0.2, 0.25) is 0 Å². The molecule has 3 heteroatoms. The van der Waals surface area contributed by atoms with Crippen molar-refractivity contribution in [2.75, 3.05) is 26.4 Å². The molecule has 3 nitrogen and oxygen atoms in total. The zero-order chi connectivity index (χ0) is 10.7. The lowest BCUT2D eigenvalue weighted by atomic mass is 9.91. The van der Waals surface area contributed by atoms with Crippen LogP contribution in [-0.4, -0.2) is 32.6 Å². The van der Waals surface area contributed by atoms with E-state index >= 15 is 0 Å². The Morgan fingerprint density at radius 1 is 1.27 bits per heavy atom. The van der Waals surface area contributed by atoms with Gasteiger partial charge in [0.2, 0.25) is 0 Å². The predicted molar refractivity (Wildman–Crippen MR) is 59.7 cm³/mol. The number of rotatable bonds is 2. The maximum atomic E-state index is 5.84. The van der Waals surface area contributed by atoms with E-state index in [-0.39, 0.29) is 6.23 Å². The van der Waals surface area contributed by atoms with Gasteiger partial charge in [0.25, 0.3) is 0 Å². The van der Waals surface area contributed by atoms with E-state index in [0.29, 0.717) is 5.41 Å². The van der Waals surface area contributed by atoms with Crippen molar-refractivity contribution in [1.29, 1.82) is 0 Å². The van der Waals surface area contributed by atoms with E-state index < -0.39 is 0 Å². The zero-order valence-corrected chi connectivity index (χ0v) is 9.92. The summed E-state index contributed by atoms with van der Waals surface area (Å²) in [5.74, 6) is 0.789. The van der Waals surface area contributed by atoms with Gasteiger partial charge in [0.1, 0.15) is 6.23 Å². The Balaban J connectivity index is 1.71. The molecule has 0 saturated carbocycles. The lowest BCUT2D eigenvalue weighted by molar-refractivity contribution is -0.0737.